The molecule has 1 aromatic heterocycles. The summed E-state index contributed by atoms with van der Waals surface area (Å²) in [5.41, 5.74) is 7.66. The van der Waals surface area contributed by atoms with E-state index in [0.717, 1.165) is 12.8 Å². The number of aromatic hydroxyl groups is 1. The fourth-order valence-electron chi connectivity index (χ4n) is 2.53. The van der Waals surface area contributed by atoms with Crippen LogP contribution in [0.2, 0.25) is 0 Å². The molecule has 1 aliphatic rings. The van der Waals surface area contributed by atoms with Crippen LogP contribution in [0.1, 0.15) is 41.9 Å². The van der Waals surface area contributed by atoms with Gasteiger partial charge in [0.25, 0.3) is 0 Å². The van der Waals surface area contributed by atoms with Crippen molar-refractivity contribution in [3.8, 4) is 29.4 Å². The maximum atomic E-state index is 11.5. The average molecular weight is 323 g/mol. The smallest absolute Gasteiger partial charge is 0.242 e. The Bertz CT molecular complexity index is 839. The third-order valence-electron chi connectivity index (χ3n) is 3.95. The molecule has 0 saturated heterocycles. The summed E-state index contributed by atoms with van der Waals surface area (Å²) in [6.45, 7) is 0. The number of amides is 1. The van der Waals surface area contributed by atoms with Crippen LogP contribution in [0.15, 0.2) is 18.2 Å². The highest BCUT2D eigenvalue weighted by Crippen LogP contribution is 2.44. The molecule has 2 aromatic rings. The Morgan fingerprint density at radius 3 is 2.75 bits per heavy atom. The van der Waals surface area contributed by atoms with Crippen molar-refractivity contribution in [1.82, 2.24) is 20.5 Å². The summed E-state index contributed by atoms with van der Waals surface area (Å²) in [5.74, 6) is 2.39. The van der Waals surface area contributed by atoms with E-state index in [1.807, 2.05) is 0 Å². The van der Waals surface area contributed by atoms with E-state index in [2.05, 4.69) is 26.4 Å². The number of hydrogen-bond acceptors (Lipinski definition) is 6. The number of benzene rings is 1. The zero-order chi connectivity index (χ0) is 17.3. The molecule has 0 aliphatic heterocycles. The van der Waals surface area contributed by atoms with Crippen molar-refractivity contribution in [3.63, 3.8) is 0 Å². The molecule has 7 heteroatoms. The topological polar surface area (TPSA) is 114 Å². The van der Waals surface area contributed by atoms with Gasteiger partial charge in [-0.3, -0.25) is 4.79 Å². The van der Waals surface area contributed by atoms with Crippen LogP contribution >= 0.6 is 0 Å². The molecule has 7 nitrogen and oxygen atoms in total. The van der Waals surface area contributed by atoms with Crippen molar-refractivity contribution >= 4 is 5.91 Å². The highest BCUT2D eigenvalue weighted by Gasteiger charge is 2.32. The Kier molecular flexibility index (Phi) is 4.15. The first-order valence-corrected chi connectivity index (χ1v) is 7.56. The number of rotatable bonds is 5. The molecule has 0 spiro atoms. The van der Waals surface area contributed by atoms with Gasteiger partial charge in [0, 0.05) is 17.0 Å². The summed E-state index contributed by atoms with van der Waals surface area (Å²) in [7, 11) is 1.61. The number of carbonyl (C=O) groups is 1. The molecular formula is C17H17N5O2. The molecule has 3 rings (SSSR count). The Balaban J connectivity index is 2.09. The van der Waals surface area contributed by atoms with E-state index >= 15 is 0 Å². The van der Waals surface area contributed by atoms with Gasteiger partial charge in [-0.15, -0.1) is 16.6 Å². The van der Waals surface area contributed by atoms with Crippen LogP contribution in [-0.4, -0.2) is 33.2 Å². The van der Waals surface area contributed by atoms with Crippen LogP contribution in [0, 0.1) is 12.3 Å². The normalized spacial score (nSPS) is 14.8. The molecule has 122 valence electrons. The van der Waals surface area contributed by atoms with Crippen LogP contribution in [0.4, 0.5) is 0 Å². The molecule has 1 aromatic carbocycles. The van der Waals surface area contributed by atoms with E-state index in [4.69, 9.17) is 12.2 Å². The SMILES string of the molecule is C#Cc1ccc(-c2nnc(C(NC)C(N)=O)nc2C2CC2)c(O)c1. The summed E-state index contributed by atoms with van der Waals surface area (Å²) in [6.07, 6.45) is 7.30. The molecular weight excluding hydrogens is 306 g/mol. The van der Waals surface area contributed by atoms with Gasteiger partial charge < -0.3 is 16.2 Å². The fourth-order valence-corrected chi connectivity index (χ4v) is 2.53. The molecule has 1 amide bonds. The van der Waals surface area contributed by atoms with E-state index < -0.39 is 11.9 Å². The van der Waals surface area contributed by atoms with Crippen molar-refractivity contribution in [3.05, 3.63) is 35.3 Å². The first-order valence-electron chi connectivity index (χ1n) is 7.56. The molecule has 24 heavy (non-hydrogen) atoms. The number of terminal acetylenes is 1. The van der Waals surface area contributed by atoms with E-state index in [0.29, 0.717) is 22.5 Å². The van der Waals surface area contributed by atoms with Crippen LogP contribution in [0.3, 0.4) is 0 Å². The third kappa shape index (κ3) is 2.92. The van der Waals surface area contributed by atoms with Crippen LogP contribution in [0.5, 0.6) is 5.75 Å². The molecule has 0 radical (unpaired) electrons. The second-order valence-corrected chi connectivity index (χ2v) is 5.68. The Morgan fingerprint density at radius 2 is 2.21 bits per heavy atom. The monoisotopic (exact) mass is 323 g/mol. The van der Waals surface area contributed by atoms with Crippen LogP contribution in [0.25, 0.3) is 11.3 Å². The number of phenols is 1. The van der Waals surface area contributed by atoms with Crippen molar-refractivity contribution in [2.75, 3.05) is 7.05 Å². The van der Waals surface area contributed by atoms with Crippen molar-refractivity contribution in [2.24, 2.45) is 5.73 Å². The zero-order valence-electron chi connectivity index (χ0n) is 13.2. The fraction of sp³-hybridized carbons (Fsp3) is 0.294. The summed E-state index contributed by atoms with van der Waals surface area (Å²) >= 11 is 0. The zero-order valence-corrected chi connectivity index (χ0v) is 13.2. The lowest BCUT2D eigenvalue weighted by molar-refractivity contribution is -0.120. The highest BCUT2D eigenvalue weighted by atomic mass is 16.3. The standard InChI is InChI=1S/C17H17N5O2/c1-3-9-4-7-11(12(23)8-9)14-13(10-5-6-10)20-17(22-21-14)15(19-2)16(18)24/h1,4,7-8,10,15,19,23H,5-6H2,2H3,(H2,18,24). The van der Waals surface area contributed by atoms with E-state index in [-0.39, 0.29) is 17.5 Å². The molecule has 1 aliphatic carbocycles. The Morgan fingerprint density at radius 1 is 1.46 bits per heavy atom. The molecule has 1 fully saturated rings. The number of phenolic OH excluding ortho intramolecular Hbond substituents is 1. The molecule has 1 atom stereocenters. The molecule has 0 bridgehead atoms. The van der Waals surface area contributed by atoms with E-state index in [1.54, 1.807) is 19.2 Å². The second kappa shape index (κ2) is 6.26. The summed E-state index contributed by atoms with van der Waals surface area (Å²) in [6, 6.07) is 4.12. The van der Waals surface area contributed by atoms with Crippen molar-refractivity contribution in [1.29, 1.82) is 0 Å². The molecule has 1 heterocycles. The van der Waals surface area contributed by atoms with Gasteiger partial charge >= 0.3 is 0 Å². The van der Waals surface area contributed by atoms with E-state index in [1.165, 1.54) is 6.07 Å². The first kappa shape index (κ1) is 15.9. The van der Waals surface area contributed by atoms with Gasteiger partial charge in [0.15, 0.2) is 5.82 Å². The highest BCUT2D eigenvalue weighted by molar-refractivity contribution is 5.80. The number of nitrogens with two attached hydrogens (primary N) is 1. The second-order valence-electron chi connectivity index (χ2n) is 5.68. The lowest BCUT2D eigenvalue weighted by Crippen LogP contribution is -2.33. The number of nitrogens with one attached hydrogen (secondary N) is 1. The quantitative estimate of drug-likeness (QED) is 0.703. The lowest BCUT2D eigenvalue weighted by atomic mass is 10.0. The Hall–Kier alpha value is -2.98. The van der Waals surface area contributed by atoms with Gasteiger partial charge in [0.2, 0.25) is 5.91 Å². The molecule has 1 saturated carbocycles. The largest absolute Gasteiger partial charge is 0.507 e. The minimum atomic E-state index is -0.804. The third-order valence-corrected chi connectivity index (χ3v) is 3.95. The maximum absolute atomic E-state index is 11.5. The van der Waals surface area contributed by atoms with Crippen molar-refractivity contribution in [2.45, 2.75) is 24.8 Å². The number of carbonyl (C=O) groups excluding carboxylic acids is 1. The number of nitrogens with zero attached hydrogens (tertiary/aromatic N) is 3. The van der Waals surface area contributed by atoms with Gasteiger partial charge in [0.1, 0.15) is 17.5 Å². The van der Waals surface area contributed by atoms with Gasteiger partial charge in [-0.25, -0.2) is 4.98 Å². The van der Waals surface area contributed by atoms with Crippen LogP contribution in [-0.2, 0) is 4.79 Å². The average Bonchev–Trinajstić information content (AvgIpc) is 3.40. The van der Waals surface area contributed by atoms with Gasteiger partial charge in [0.05, 0.1) is 5.69 Å². The molecule has 1 unspecified atom stereocenters. The van der Waals surface area contributed by atoms with Gasteiger partial charge in [-0.05, 0) is 38.1 Å². The minimum absolute atomic E-state index is 0.0243. The number of aromatic nitrogens is 3. The Labute approximate surface area is 139 Å². The maximum Gasteiger partial charge on any atom is 0.242 e. The number of primary amides is 1. The first-order chi connectivity index (χ1) is 11.5. The summed E-state index contributed by atoms with van der Waals surface area (Å²) < 4.78 is 0. The van der Waals surface area contributed by atoms with E-state index in [9.17, 15) is 9.90 Å². The number of likely N-dealkylation sites (N-methyl/N-ethyl adjacent to an activating group) is 1. The number of hydrogen-bond donors (Lipinski definition) is 3. The van der Waals surface area contributed by atoms with Gasteiger partial charge in [-0.1, -0.05) is 5.92 Å². The predicted molar refractivity (Wildman–Crippen MR) is 87.8 cm³/mol. The van der Waals surface area contributed by atoms with Crippen molar-refractivity contribution < 1.29 is 9.90 Å². The minimum Gasteiger partial charge on any atom is -0.507 e. The lowest BCUT2D eigenvalue weighted by Gasteiger charge is -2.14. The van der Waals surface area contributed by atoms with Gasteiger partial charge in [-0.2, -0.15) is 0 Å². The molecule has 4 N–H and O–H groups in total. The summed E-state index contributed by atoms with van der Waals surface area (Å²) in [4.78, 5) is 16.0. The van der Waals surface area contributed by atoms with Crippen LogP contribution < -0.4 is 11.1 Å². The summed E-state index contributed by atoms with van der Waals surface area (Å²) in [5, 5.41) is 21.2. The predicted octanol–water partition coefficient (Wildman–Crippen LogP) is 0.849.